The molecule has 3 rings (SSSR count). The summed E-state index contributed by atoms with van der Waals surface area (Å²) in [4.78, 5) is 6.91. The fourth-order valence-corrected chi connectivity index (χ4v) is 2.24. The van der Waals surface area contributed by atoms with Gasteiger partial charge in [-0.05, 0) is 24.3 Å². The van der Waals surface area contributed by atoms with Crippen LogP contribution >= 0.6 is 11.6 Å². The highest BCUT2D eigenvalue weighted by atomic mass is 35.5. The van der Waals surface area contributed by atoms with Crippen LogP contribution in [0.2, 0.25) is 5.15 Å². The third-order valence-corrected chi connectivity index (χ3v) is 3.18. The largest absolute Gasteiger partial charge is 0.417 e. The normalized spacial score (nSPS) is 12.0. The van der Waals surface area contributed by atoms with Crippen molar-refractivity contribution in [3.8, 4) is 11.3 Å². The number of halogens is 4. The average molecular weight is 297 g/mol. The summed E-state index contributed by atoms with van der Waals surface area (Å²) in [5.41, 5.74) is 0.235. The summed E-state index contributed by atoms with van der Waals surface area (Å²) < 4.78 is 39.0. The van der Waals surface area contributed by atoms with Crippen molar-refractivity contribution in [2.45, 2.75) is 6.18 Å². The Kier molecular flexibility index (Phi) is 2.94. The minimum Gasteiger partial charge on any atom is -0.339 e. The van der Waals surface area contributed by atoms with Gasteiger partial charge in [0.05, 0.1) is 5.56 Å². The third-order valence-electron chi connectivity index (χ3n) is 2.97. The van der Waals surface area contributed by atoms with Crippen LogP contribution in [-0.4, -0.2) is 9.97 Å². The first-order valence-electron chi connectivity index (χ1n) is 5.77. The molecule has 0 bridgehead atoms. The van der Waals surface area contributed by atoms with E-state index >= 15 is 0 Å². The predicted octanol–water partition coefficient (Wildman–Crippen LogP) is 4.90. The lowest BCUT2D eigenvalue weighted by Gasteiger charge is -2.11. The Morgan fingerprint density at radius 2 is 1.80 bits per heavy atom. The fourth-order valence-electron chi connectivity index (χ4n) is 2.09. The van der Waals surface area contributed by atoms with Gasteiger partial charge in [0.2, 0.25) is 0 Å². The van der Waals surface area contributed by atoms with Gasteiger partial charge in [-0.25, -0.2) is 4.98 Å². The number of pyridine rings is 1. The number of hydrogen-bond acceptors (Lipinski definition) is 1. The second-order valence-electron chi connectivity index (χ2n) is 4.30. The number of aromatic nitrogens is 2. The average Bonchev–Trinajstić information content (AvgIpc) is 2.80. The summed E-state index contributed by atoms with van der Waals surface area (Å²) in [5.74, 6) is 0. The number of aromatic amines is 1. The Balaban J connectivity index is 2.21. The van der Waals surface area contributed by atoms with Crippen molar-refractivity contribution in [2.24, 2.45) is 0 Å². The quantitative estimate of drug-likeness (QED) is 0.636. The first kappa shape index (κ1) is 13.0. The Morgan fingerprint density at radius 1 is 1.05 bits per heavy atom. The SMILES string of the molecule is FC(F)(F)c1ccccc1-c1cc2ccc(Cl)nc2[nH]1. The van der Waals surface area contributed by atoms with Gasteiger partial charge in [0.25, 0.3) is 0 Å². The Morgan fingerprint density at radius 3 is 2.55 bits per heavy atom. The molecule has 1 aromatic carbocycles. The molecule has 102 valence electrons. The molecule has 0 saturated carbocycles. The van der Waals surface area contributed by atoms with Gasteiger partial charge in [-0.3, -0.25) is 0 Å². The molecule has 0 aliphatic rings. The van der Waals surface area contributed by atoms with Gasteiger partial charge in [0, 0.05) is 16.6 Å². The van der Waals surface area contributed by atoms with Crippen molar-refractivity contribution < 1.29 is 13.2 Å². The molecule has 6 heteroatoms. The summed E-state index contributed by atoms with van der Waals surface area (Å²) in [6, 6.07) is 10.3. The van der Waals surface area contributed by atoms with Crippen LogP contribution < -0.4 is 0 Å². The predicted molar refractivity (Wildman–Crippen MR) is 71.5 cm³/mol. The lowest BCUT2D eigenvalue weighted by atomic mass is 10.0. The first-order valence-corrected chi connectivity index (χ1v) is 6.15. The standard InChI is InChI=1S/C14H8ClF3N2/c15-12-6-5-8-7-11(19-13(8)20-12)9-3-1-2-4-10(9)14(16,17)18/h1-7H,(H,19,20). The zero-order chi connectivity index (χ0) is 14.3. The highest BCUT2D eigenvalue weighted by molar-refractivity contribution is 6.29. The molecule has 2 aromatic heterocycles. The molecular formula is C14H8ClF3N2. The molecule has 3 aromatic rings. The van der Waals surface area contributed by atoms with Crippen LogP contribution in [0.3, 0.4) is 0 Å². The molecule has 0 aliphatic carbocycles. The molecule has 0 atom stereocenters. The van der Waals surface area contributed by atoms with Gasteiger partial charge in [-0.15, -0.1) is 0 Å². The summed E-state index contributed by atoms with van der Waals surface area (Å²) in [5, 5.41) is 0.997. The zero-order valence-corrected chi connectivity index (χ0v) is 10.8. The van der Waals surface area contributed by atoms with Crippen LogP contribution in [-0.2, 0) is 6.18 Å². The van der Waals surface area contributed by atoms with Crippen molar-refractivity contribution in [3.05, 3.63) is 53.2 Å². The molecule has 0 radical (unpaired) electrons. The highest BCUT2D eigenvalue weighted by Gasteiger charge is 2.33. The number of alkyl halides is 3. The Labute approximate surface area is 117 Å². The van der Waals surface area contributed by atoms with Crippen molar-refractivity contribution in [3.63, 3.8) is 0 Å². The van der Waals surface area contributed by atoms with Crippen LogP contribution in [0.5, 0.6) is 0 Å². The van der Waals surface area contributed by atoms with Gasteiger partial charge < -0.3 is 4.98 Å². The van der Waals surface area contributed by atoms with Crippen molar-refractivity contribution in [1.29, 1.82) is 0 Å². The van der Waals surface area contributed by atoms with E-state index in [1.165, 1.54) is 12.1 Å². The minimum absolute atomic E-state index is 0.0918. The van der Waals surface area contributed by atoms with E-state index in [-0.39, 0.29) is 10.7 Å². The second-order valence-corrected chi connectivity index (χ2v) is 4.69. The van der Waals surface area contributed by atoms with E-state index in [1.54, 1.807) is 24.3 Å². The number of rotatable bonds is 1. The number of nitrogens with zero attached hydrogens (tertiary/aromatic N) is 1. The summed E-state index contributed by atoms with van der Waals surface area (Å²) in [6.07, 6.45) is -4.40. The number of benzene rings is 1. The molecule has 0 amide bonds. The van der Waals surface area contributed by atoms with E-state index in [4.69, 9.17) is 11.6 Å². The van der Waals surface area contributed by atoms with E-state index < -0.39 is 11.7 Å². The van der Waals surface area contributed by atoms with Crippen LogP contribution in [0.15, 0.2) is 42.5 Å². The van der Waals surface area contributed by atoms with Gasteiger partial charge in [-0.2, -0.15) is 13.2 Å². The second kappa shape index (κ2) is 4.52. The van der Waals surface area contributed by atoms with Gasteiger partial charge in [0.15, 0.2) is 0 Å². The number of nitrogens with one attached hydrogen (secondary N) is 1. The van der Waals surface area contributed by atoms with E-state index in [0.717, 1.165) is 6.07 Å². The van der Waals surface area contributed by atoms with E-state index in [0.29, 0.717) is 16.7 Å². The molecular weight excluding hydrogens is 289 g/mol. The number of fused-ring (bicyclic) bond motifs is 1. The maximum Gasteiger partial charge on any atom is 0.417 e. The summed E-state index contributed by atoms with van der Waals surface area (Å²) in [7, 11) is 0. The van der Waals surface area contributed by atoms with Crippen LogP contribution in [0.4, 0.5) is 13.2 Å². The Hall–Kier alpha value is -2.01. The molecule has 20 heavy (non-hydrogen) atoms. The Bertz CT molecular complexity index is 777. The number of hydrogen-bond donors (Lipinski definition) is 1. The molecule has 0 spiro atoms. The van der Waals surface area contributed by atoms with E-state index in [9.17, 15) is 13.2 Å². The maximum atomic E-state index is 13.0. The smallest absolute Gasteiger partial charge is 0.339 e. The van der Waals surface area contributed by atoms with Crippen LogP contribution in [0, 0.1) is 0 Å². The molecule has 0 fully saturated rings. The lowest BCUT2D eigenvalue weighted by Crippen LogP contribution is -2.06. The van der Waals surface area contributed by atoms with Gasteiger partial charge in [-0.1, -0.05) is 29.8 Å². The number of H-pyrrole nitrogens is 1. The van der Waals surface area contributed by atoms with Crippen molar-refractivity contribution >= 4 is 22.6 Å². The van der Waals surface area contributed by atoms with E-state index in [1.807, 2.05) is 0 Å². The zero-order valence-electron chi connectivity index (χ0n) is 10.0. The van der Waals surface area contributed by atoms with Crippen molar-refractivity contribution in [2.75, 3.05) is 0 Å². The highest BCUT2D eigenvalue weighted by Crippen LogP contribution is 2.37. The molecule has 0 unspecified atom stereocenters. The minimum atomic E-state index is -4.40. The monoisotopic (exact) mass is 296 g/mol. The molecule has 1 N–H and O–H groups in total. The lowest BCUT2D eigenvalue weighted by molar-refractivity contribution is -0.137. The molecule has 0 saturated heterocycles. The third kappa shape index (κ3) is 2.25. The fraction of sp³-hybridized carbons (Fsp3) is 0.0714. The maximum absolute atomic E-state index is 13.0. The van der Waals surface area contributed by atoms with E-state index in [2.05, 4.69) is 9.97 Å². The molecule has 0 aliphatic heterocycles. The van der Waals surface area contributed by atoms with Crippen LogP contribution in [0.25, 0.3) is 22.3 Å². The van der Waals surface area contributed by atoms with Crippen LogP contribution in [0.1, 0.15) is 5.56 Å². The summed E-state index contributed by atoms with van der Waals surface area (Å²) in [6.45, 7) is 0. The summed E-state index contributed by atoms with van der Waals surface area (Å²) >= 11 is 5.77. The van der Waals surface area contributed by atoms with Gasteiger partial charge in [0.1, 0.15) is 10.8 Å². The molecule has 2 heterocycles. The topological polar surface area (TPSA) is 28.7 Å². The first-order chi connectivity index (χ1) is 9.45. The molecule has 2 nitrogen and oxygen atoms in total. The van der Waals surface area contributed by atoms with Crippen molar-refractivity contribution in [1.82, 2.24) is 9.97 Å². The van der Waals surface area contributed by atoms with Gasteiger partial charge >= 0.3 is 6.18 Å².